The molecule has 0 radical (unpaired) electrons. The summed E-state index contributed by atoms with van der Waals surface area (Å²) in [4.78, 5) is 5.63. The van der Waals surface area contributed by atoms with Crippen molar-refractivity contribution in [2.24, 2.45) is 4.99 Å². The van der Waals surface area contributed by atoms with Crippen molar-refractivity contribution in [3.63, 3.8) is 0 Å². The fourth-order valence-corrected chi connectivity index (χ4v) is 1.94. The van der Waals surface area contributed by atoms with Gasteiger partial charge in [0.2, 0.25) is 6.19 Å². The van der Waals surface area contributed by atoms with Crippen molar-refractivity contribution in [3.8, 4) is 12.3 Å². The summed E-state index contributed by atoms with van der Waals surface area (Å²) in [5.74, 6) is 0.964. The van der Waals surface area contributed by atoms with Gasteiger partial charge in [0.15, 0.2) is 5.17 Å². The van der Waals surface area contributed by atoms with Crippen LogP contribution in [0.5, 0.6) is 0 Å². The van der Waals surface area contributed by atoms with Crippen molar-refractivity contribution in [2.45, 2.75) is 6.42 Å². The summed E-state index contributed by atoms with van der Waals surface area (Å²) in [5.41, 5.74) is 0. The Balaban J connectivity index is 2.49. The van der Waals surface area contributed by atoms with Gasteiger partial charge in [0.25, 0.3) is 0 Å². The van der Waals surface area contributed by atoms with Crippen LogP contribution in [0.25, 0.3) is 0 Å². The predicted molar refractivity (Wildman–Crippen MR) is 47.3 cm³/mol. The van der Waals surface area contributed by atoms with E-state index in [4.69, 9.17) is 10.5 Å². The lowest BCUT2D eigenvalue weighted by Gasteiger charge is -2.13. The quantitative estimate of drug-likeness (QED) is 0.589. The lowest BCUT2D eigenvalue weighted by atomic mass is 10.4. The van der Waals surface area contributed by atoms with Crippen molar-refractivity contribution in [2.75, 3.05) is 18.8 Å². The Hall–Kier alpha value is -1.20. The van der Waals surface area contributed by atoms with E-state index in [0.717, 1.165) is 17.5 Å². The summed E-state index contributed by atoms with van der Waals surface area (Å²) in [6.07, 6.45) is 2.25. The van der Waals surface area contributed by atoms with Gasteiger partial charge >= 0.3 is 0 Å². The first-order valence-corrected chi connectivity index (χ1v) is 4.58. The number of nitrogens with zero attached hydrogens (tertiary/aromatic N) is 4. The zero-order valence-corrected chi connectivity index (χ0v) is 7.34. The number of hydrogen-bond donors (Lipinski definition) is 0. The highest BCUT2D eigenvalue weighted by Crippen LogP contribution is 2.17. The third-order valence-electron chi connectivity index (χ3n) is 1.50. The van der Waals surface area contributed by atoms with Crippen LogP contribution in [-0.4, -0.2) is 28.9 Å². The Kier molecular flexibility index (Phi) is 3.43. The smallest absolute Gasteiger partial charge is 0.208 e. The number of hydrogen-bond acceptors (Lipinski definition) is 4. The Morgan fingerprint density at radius 1 is 1.58 bits per heavy atom. The summed E-state index contributed by atoms with van der Waals surface area (Å²) < 4.78 is 0. The number of thioether (sulfide) groups is 1. The average Bonchev–Trinajstić information content (AvgIpc) is 2.50. The van der Waals surface area contributed by atoms with E-state index in [2.05, 4.69) is 11.1 Å². The summed E-state index contributed by atoms with van der Waals surface area (Å²) in [6.45, 7) is 1.58. The molecule has 62 valence electrons. The van der Waals surface area contributed by atoms with E-state index in [0.29, 0.717) is 13.0 Å². The molecule has 1 fully saturated rings. The van der Waals surface area contributed by atoms with Gasteiger partial charge in [0.05, 0.1) is 12.5 Å². The second kappa shape index (κ2) is 4.63. The molecule has 5 heteroatoms. The molecule has 1 heterocycles. The molecule has 0 amide bonds. The molecule has 0 N–H and O–H groups in total. The van der Waals surface area contributed by atoms with Gasteiger partial charge in [0.1, 0.15) is 0 Å². The highest BCUT2D eigenvalue weighted by Gasteiger charge is 2.18. The summed E-state index contributed by atoms with van der Waals surface area (Å²) >= 11 is 1.57. The van der Waals surface area contributed by atoms with Crippen LogP contribution in [0.3, 0.4) is 0 Å². The zero-order chi connectivity index (χ0) is 8.81. The number of rotatable bonds is 2. The molecule has 1 rings (SSSR count). The maximum Gasteiger partial charge on any atom is 0.208 e. The fraction of sp³-hybridized carbons (Fsp3) is 0.571. The van der Waals surface area contributed by atoms with Gasteiger partial charge in [0, 0.05) is 18.8 Å². The number of nitriles is 2. The minimum atomic E-state index is 0.491. The van der Waals surface area contributed by atoms with Crippen molar-refractivity contribution < 1.29 is 0 Å². The van der Waals surface area contributed by atoms with Crippen LogP contribution in [-0.2, 0) is 0 Å². The molecule has 0 bridgehead atoms. The highest BCUT2D eigenvalue weighted by molar-refractivity contribution is 8.14. The zero-order valence-electron chi connectivity index (χ0n) is 6.53. The summed E-state index contributed by atoms with van der Waals surface area (Å²) in [6, 6.07) is 2.07. The molecule has 4 nitrogen and oxygen atoms in total. The van der Waals surface area contributed by atoms with E-state index < -0.39 is 0 Å². The molecule has 0 aliphatic carbocycles. The minimum absolute atomic E-state index is 0.491. The van der Waals surface area contributed by atoms with Gasteiger partial charge < -0.3 is 4.90 Å². The molecule has 12 heavy (non-hydrogen) atoms. The molecule has 0 saturated carbocycles. The van der Waals surface area contributed by atoms with Crippen LogP contribution >= 0.6 is 11.8 Å². The van der Waals surface area contributed by atoms with Crippen LogP contribution in [0.1, 0.15) is 6.42 Å². The minimum Gasteiger partial charge on any atom is -0.349 e. The molecule has 0 spiro atoms. The standard InChI is InChI=1S/C7H8N4S/c8-2-1-3-11-4-5-12-7(11)10-6-9/h1,3-5H2. The largest absolute Gasteiger partial charge is 0.349 e. The molecule has 0 aromatic heterocycles. The Bertz CT molecular complexity index is 260. The van der Waals surface area contributed by atoms with E-state index in [-0.39, 0.29) is 0 Å². The van der Waals surface area contributed by atoms with Crippen molar-refractivity contribution in [1.29, 1.82) is 10.5 Å². The van der Waals surface area contributed by atoms with Crippen molar-refractivity contribution >= 4 is 16.9 Å². The Labute approximate surface area is 75.5 Å². The van der Waals surface area contributed by atoms with Gasteiger partial charge in [-0.25, -0.2) is 0 Å². The van der Waals surface area contributed by atoms with E-state index >= 15 is 0 Å². The first kappa shape index (κ1) is 8.89. The third-order valence-corrected chi connectivity index (χ3v) is 2.50. The molecule has 0 aromatic rings. The van der Waals surface area contributed by atoms with Gasteiger partial charge in [-0.3, -0.25) is 0 Å². The van der Waals surface area contributed by atoms with E-state index in [1.54, 1.807) is 18.0 Å². The van der Waals surface area contributed by atoms with Gasteiger partial charge in [-0.1, -0.05) is 11.8 Å². The normalized spacial score (nSPS) is 19.2. The molecular formula is C7H8N4S. The second-order valence-electron chi connectivity index (χ2n) is 2.24. The Morgan fingerprint density at radius 2 is 2.42 bits per heavy atom. The van der Waals surface area contributed by atoms with E-state index in [1.165, 1.54) is 0 Å². The van der Waals surface area contributed by atoms with E-state index in [1.807, 2.05) is 4.90 Å². The molecule has 0 atom stereocenters. The number of aliphatic imine (C=N–C) groups is 1. The lowest BCUT2D eigenvalue weighted by molar-refractivity contribution is 0.472. The molecule has 1 aliphatic rings. The van der Waals surface area contributed by atoms with Crippen LogP contribution in [0.15, 0.2) is 4.99 Å². The van der Waals surface area contributed by atoms with E-state index in [9.17, 15) is 0 Å². The van der Waals surface area contributed by atoms with Crippen molar-refractivity contribution in [1.82, 2.24) is 4.90 Å². The predicted octanol–water partition coefficient (Wildman–Crippen LogP) is 0.786. The van der Waals surface area contributed by atoms with Crippen LogP contribution in [0.2, 0.25) is 0 Å². The fourth-order valence-electron chi connectivity index (χ4n) is 0.972. The lowest BCUT2D eigenvalue weighted by Crippen LogP contribution is -2.25. The third kappa shape index (κ3) is 2.14. The summed E-state index contributed by atoms with van der Waals surface area (Å²) in [5, 5.41) is 17.4. The van der Waals surface area contributed by atoms with Gasteiger partial charge in [-0.05, 0) is 0 Å². The maximum atomic E-state index is 8.35. The summed E-state index contributed by atoms with van der Waals surface area (Å²) in [7, 11) is 0. The van der Waals surface area contributed by atoms with Crippen LogP contribution in [0, 0.1) is 22.8 Å². The molecule has 1 saturated heterocycles. The molecule has 0 aromatic carbocycles. The van der Waals surface area contributed by atoms with Gasteiger partial charge in [-0.15, -0.1) is 4.99 Å². The first-order valence-electron chi connectivity index (χ1n) is 3.60. The topological polar surface area (TPSA) is 63.2 Å². The molecule has 0 unspecified atom stereocenters. The monoisotopic (exact) mass is 180 g/mol. The molecule has 1 aliphatic heterocycles. The average molecular weight is 180 g/mol. The Morgan fingerprint density at radius 3 is 3.08 bits per heavy atom. The van der Waals surface area contributed by atoms with Gasteiger partial charge in [-0.2, -0.15) is 10.5 Å². The number of amidine groups is 1. The highest BCUT2D eigenvalue weighted by atomic mass is 32.2. The maximum absolute atomic E-state index is 8.35. The van der Waals surface area contributed by atoms with Crippen LogP contribution in [0.4, 0.5) is 0 Å². The molecular weight excluding hydrogens is 172 g/mol. The SMILES string of the molecule is N#CCCN1CCSC1=NC#N. The second-order valence-corrected chi connectivity index (χ2v) is 3.30. The van der Waals surface area contributed by atoms with Crippen LogP contribution < -0.4 is 0 Å². The van der Waals surface area contributed by atoms with Crippen molar-refractivity contribution in [3.05, 3.63) is 0 Å². The first-order chi connectivity index (χ1) is 5.88.